The van der Waals surface area contributed by atoms with Gasteiger partial charge in [-0.25, -0.2) is 4.79 Å². The molecule has 0 aliphatic carbocycles. The van der Waals surface area contributed by atoms with E-state index in [0.717, 1.165) is 30.7 Å². The molecule has 0 spiro atoms. The van der Waals surface area contributed by atoms with Gasteiger partial charge in [0.1, 0.15) is 11.4 Å². The van der Waals surface area contributed by atoms with Gasteiger partial charge in [0.2, 0.25) is 0 Å². The molecular formula is C23H33N3O4. The second-order valence-corrected chi connectivity index (χ2v) is 6.95. The quantitative estimate of drug-likeness (QED) is 0.355. The number of aromatic nitrogens is 1. The van der Waals surface area contributed by atoms with Crippen LogP contribution in [0.3, 0.4) is 0 Å². The van der Waals surface area contributed by atoms with Crippen LogP contribution in [-0.4, -0.2) is 37.1 Å². The lowest BCUT2D eigenvalue weighted by Gasteiger charge is -2.09. The van der Waals surface area contributed by atoms with Crippen molar-refractivity contribution in [1.29, 1.82) is 0 Å². The van der Waals surface area contributed by atoms with Crippen molar-refractivity contribution in [3.05, 3.63) is 46.8 Å². The van der Waals surface area contributed by atoms with Gasteiger partial charge in [0.15, 0.2) is 0 Å². The van der Waals surface area contributed by atoms with Gasteiger partial charge in [0.25, 0.3) is 5.91 Å². The summed E-state index contributed by atoms with van der Waals surface area (Å²) in [4.78, 5) is 28.6. The lowest BCUT2D eigenvalue weighted by molar-refractivity contribution is 0.0524. The van der Waals surface area contributed by atoms with Crippen LogP contribution in [0.1, 0.15) is 72.1 Å². The molecule has 30 heavy (non-hydrogen) atoms. The van der Waals surface area contributed by atoms with Crippen LogP contribution in [0.15, 0.2) is 24.3 Å². The molecule has 2 rings (SSSR count). The summed E-state index contributed by atoms with van der Waals surface area (Å²) in [7, 11) is 1.62. The Morgan fingerprint density at radius 1 is 1.07 bits per heavy atom. The van der Waals surface area contributed by atoms with Crippen LogP contribution in [0.25, 0.3) is 0 Å². The number of carbonyl (C=O) groups is 2. The minimum absolute atomic E-state index is 0.191. The van der Waals surface area contributed by atoms with Crippen molar-refractivity contribution in [2.45, 2.75) is 53.0 Å². The van der Waals surface area contributed by atoms with Gasteiger partial charge in [-0.3, -0.25) is 4.79 Å². The lowest BCUT2D eigenvalue weighted by atomic mass is 10.1. The molecule has 164 valence electrons. The number of benzene rings is 1. The Labute approximate surface area is 178 Å². The zero-order valence-corrected chi connectivity index (χ0v) is 18.4. The van der Waals surface area contributed by atoms with Gasteiger partial charge in [0.05, 0.1) is 25.8 Å². The molecule has 0 atom stereocenters. The summed E-state index contributed by atoms with van der Waals surface area (Å²) < 4.78 is 10.4. The molecule has 1 aromatic heterocycles. The van der Waals surface area contributed by atoms with Crippen LogP contribution in [0.5, 0.6) is 5.75 Å². The highest BCUT2D eigenvalue weighted by Crippen LogP contribution is 2.23. The number of hydrogen-bond acceptors (Lipinski definition) is 5. The number of carbonyl (C=O) groups excluding carboxylic acids is 2. The zero-order valence-electron chi connectivity index (χ0n) is 18.4. The summed E-state index contributed by atoms with van der Waals surface area (Å²) in [6.07, 6.45) is 3.63. The van der Waals surface area contributed by atoms with E-state index < -0.39 is 5.97 Å². The predicted molar refractivity (Wildman–Crippen MR) is 118 cm³/mol. The third kappa shape index (κ3) is 6.02. The van der Waals surface area contributed by atoms with Crippen LogP contribution >= 0.6 is 0 Å². The Morgan fingerprint density at radius 3 is 2.40 bits per heavy atom. The summed E-state index contributed by atoms with van der Waals surface area (Å²) in [6.45, 7) is 7.07. The van der Waals surface area contributed by atoms with Crippen molar-refractivity contribution in [2.75, 3.05) is 25.6 Å². The fourth-order valence-electron chi connectivity index (χ4n) is 3.29. The normalized spacial score (nSPS) is 10.5. The minimum Gasteiger partial charge on any atom is -0.497 e. The summed E-state index contributed by atoms with van der Waals surface area (Å²) >= 11 is 0. The first kappa shape index (κ1) is 23.3. The van der Waals surface area contributed by atoms with Gasteiger partial charge < -0.3 is 25.1 Å². The number of anilines is 1. The highest BCUT2D eigenvalue weighted by molar-refractivity contribution is 6.00. The highest BCUT2D eigenvalue weighted by atomic mass is 16.5. The van der Waals surface area contributed by atoms with Crippen molar-refractivity contribution in [1.82, 2.24) is 10.3 Å². The maximum absolute atomic E-state index is 12.7. The number of H-pyrrole nitrogens is 1. The summed E-state index contributed by atoms with van der Waals surface area (Å²) in [5.41, 5.74) is 3.08. The zero-order chi connectivity index (χ0) is 21.9. The molecule has 0 radical (unpaired) electrons. The van der Waals surface area contributed by atoms with Crippen LogP contribution in [0, 0.1) is 0 Å². The average Bonchev–Trinajstić information content (AvgIpc) is 3.14. The number of amides is 1. The Balaban J connectivity index is 2.25. The molecule has 0 unspecified atom stereocenters. The third-order valence-electron chi connectivity index (χ3n) is 4.87. The molecule has 3 N–H and O–H groups in total. The van der Waals surface area contributed by atoms with E-state index in [0.29, 0.717) is 42.0 Å². The van der Waals surface area contributed by atoms with Crippen LogP contribution in [0.4, 0.5) is 5.69 Å². The molecule has 0 bridgehead atoms. The Hall–Kier alpha value is -2.96. The highest BCUT2D eigenvalue weighted by Gasteiger charge is 2.26. The predicted octanol–water partition coefficient (Wildman–Crippen LogP) is 4.29. The Bertz CT molecular complexity index is 828. The molecule has 7 nitrogen and oxygen atoms in total. The number of aromatic amines is 1. The van der Waals surface area contributed by atoms with Crippen LogP contribution < -0.4 is 15.4 Å². The number of nitrogens with one attached hydrogen (secondary N) is 3. The molecule has 7 heteroatoms. The number of unbranched alkanes of at least 4 members (excludes halogenated alkanes) is 2. The van der Waals surface area contributed by atoms with Gasteiger partial charge in [-0.2, -0.15) is 0 Å². The Kier molecular flexibility index (Phi) is 9.25. The van der Waals surface area contributed by atoms with Gasteiger partial charge in [-0.1, -0.05) is 26.7 Å². The molecule has 0 aliphatic heterocycles. The number of methoxy groups -OCH3 is 1. The smallest absolute Gasteiger partial charge is 0.340 e. The van der Waals surface area contributed by atoms with E-state index in [1.807, 2.05) is 31.2 Å². The van der Waals surface area contributed by atoms with E-state index in [2.05, 4.69) is 22.5 Å². The van der Waals surface area contributed by atoms with E-state index in [-0.39, 0.29) is 12.5 Å². The van der Waals surface area contributed by atoms with Crippen molar-refractivity contribution < 1.29 is 19.1 Å². The van der Waals surface area contributed by atoms with Gasteiger partial charge in [-0.05, 0) is 49.6 Å². The standard InChI is InChI=1S/C23H33N3O4/c1-5-8-9-14-24-22(27)21-18(6-2)20(23(28)30-7-3)19(26-21)15-25-16-10-12-17(29-4)13-11-16/h10-13,25-26H,5-9,14-15H2,1-4H3,(H,24,27). The minimum atomic E-state index is -0.415. The molecule has 0 saturated heterocycles. The summed E-state index contributed by atoms with van der Waals surface area (Å²) in [5, 5.41) is 6.24. The number of rotatable bonds is 12. The molecule has 1 aromatic carbocycles. The third-order valence-corrected chi connectivity index (χ3v) is 4.87. The molecule has 2 aromatic rings. The second kappa shape index (κ2) is 11.9. The van der Waals surface area contributed by atoms with E-state index in [9.17, 15) is 9.59 Å². The van der Waals surface area contributed by atoms with E-state index in [1.165, 1.54) is 0 Å². The van der Waals surface area contributed by atoms with Crippen molar-refractivity contribution in [3.63, 3.8) is 0 Å². The number of hydrogen-bond donors (Lipinski definition) is 3. The van der Waals surface area contributed by atoms with E-state index >= 15 is 0 Å². The molecule has 0 saturated carbocycles. The van der Waals surface area contributed by atoms with Crippen molar-refractivity contribution in [3.8, 4) is 5.75 Å². The van der Waals surface area contributed by atoms with Gasteiger partial charge >= 0.3 is 5.97 Å². The molecule has 1 heterocycles. The van der Waals surface area contributed by atoms with E-state index in [4.69, 9.17) is 9.47 Å². The fourth-order valence-corrected chi connectivity index (χ4v) is 3.29. The first-order chi connectivity index (χ1) is 14.5. The monoisotopic (exact) mass is 415 g/mol. The topological polar surface area (TPSA) is 92.5 Å². The summed E-state index contributed by atoms with van der Waals surface area (Å²) in [6, 6.07) is 7.51. The number of esters is 1. The molecule has 0 fully saturated rings. The maximum Gasteiger partial charge on any atom is 0.340 e. The number of ether oxygens (including phenoxy) is 2. The molecule has 0 aliphatic rings. The van der Waals surface area contributed by atoms with Gasteiger partial charge in [-0.15, -0.1) is 0 Å². The Morgan fingerprint density at radius 2 is 1.80 bits per heavy atom. The molecule has 1 amide bonds. The lowest BCUT2D eigenvalue weighted by Crippen LogP contribution is -2.26. The largest absolute Gasteiger partial charge is 0.497 e. The SMILES string of the molecule is CCCCCNC(=O)c1[nH]c(CNc2ccc(OC)cc2)c(C(=O)OCC)c1CC. The van der Waals surface area contributed by atoms with Crippen LogP contribution in [0.2, 0.25) is 0 Å². The van der Waals surface area contributed by atoms with Gasteiger partial charge in [0, 0.05) is 17.9 Å². The summed E-state index contributed by atoms with van der Waals surface area (Å²) in [5.74, 6) is 0.161. The molecular weight excluding hydrogens is 382 g/mol. The second-order valence-electron chi connectivity index (χ2n) is 6.95. The average molecular weight is 416 g/mol. The first-order valence-electron chi connectivity index (χ1n) is 10.6. The van der Waals surface area contributed by atoms with Crippen LogP contribution in [-0.2, 0) is 17.7 Å². The van der Waals surface area contributed by atoms with Crippen molar-refractivity contribution >= 4 is 17.6 Å². The van der Waals surface area contributed by atoms with Crippen molar-refractivity contribution in [2.24, 2.45) is 0 Å². The van der Waals surface area contributed by atoms with E-state index in [1.54, 1.807) is 14.0 Å². The maximum atomic E-state index is 12.7. The fraction of sp³-hybridized carbons (Fsp3) is 0.478. The first-order valence-corrected chi connectivity index (χ1v) is 10.6.